The molecule has 3 aromatic rings. The van der Waals surface area contributed by atoms with Crippen LogP contribution in [0.2, 0.25) is 0 Å². The quantitative estimate of drug-likeness (QED) is 0.388. The summed E-state index contributed by atoms with van der Waals surface area (Å²) in [6.07, 6.45) is 0. The van der Waals surface area contributed by atoms with Crippen molar-refractivity contribution in [2.75, 3.05) is 5.32 Å². The van der Waals surface area contributed by atoms with Crippen molar-refractivity contribution in [2.45, 2.75) is 13.0 Å². The first kappa shape index (κ1) is 21.2. The molecule has 0 saturated carbocycles. The lowest BCUT2D eigenvalue weighted by atomic mass is 10.1. The van der Waals surface area contributed by atoms with Gasteiger partial charge in [-0.15, -0.1) is 0 Å². The summed E-state index contributed by atoms with van der Waals surface area (Å²) < 4.78 is 0.277. The number of carbonyl (C=O) groups excluding carboxylic acids is 2. The maximum absolute atomic E-state index is 12.8. The second kappa shape index (κ2) is 9.32. The number of amides is 2. The monoisotopic (exact) mass is 467 g/mol. The first-order chi connectivity index (χ1) is 14.4. The summed E-state index contributed by atoms with van der Waals surface area (Å²) in [4.78, 5) is 36.0. The average Bonchev–Trinajstić information content (AvgIpc) is 2.74. The molecule has 0 aliphatic heterocycles. The predicted molar refractivity (Wildman–Crippen MR) is 118 cm³/mol. The fourth-order valence-electron chi connectivity index (χ4n) is 2.88. The number of nitro groups is 1. The van der Waals surface area contributed by atoms with Gasteiger partial charge in [-0.05, 0) is 52.7 Å². The Hall–Kier alpha value is -3.52. The number of anilines is 1. The Kier molecular flexibility index (Phi) is 6.58. The molecule has 8 heteroatoms. The second-order valence-electron chi connectivity index (χ2n) is 6.53. The number of rotatable bonds is 6. The van der Waals surface area contributed by atoms with Crippen LogP contribution in [0.15, 0.2) is 77.3 Å². The predicted octanol–water partition coefficient (Wildman–Crippen LogP) is 5.10. The third-order valence-corrected chi connectivity index (χ3v) is 5.14. The second-order valence-corrected chi connectivity index (χ2v) is 7.38. The molecule has 0 spiro atoms. The largest absolute Gasteiger partial charge is 0.345 e. The van der Waals surface area contributed by atoms with E-state index in [2.05, 4.69) is 26.6 Å². The van der Waals surface area contributed by atoms with Crippen LogP contribution in [-0.4, -0.2) is 16.7 Å². The topological polar surface area (TPSA) is 101 Å². The molecule has 2 amide bonds. The molecule has 3 aromatic carbocycles. The standard InChI is InChI=1S/C22H18BrN3O4/c1-14(15-7-3-2-4-8-15)24-22(28)17-9-5-6-10-19(17)25-21(27)16-11-12-18(23)20(13-16)26(29)30/h2-14H,1H3,(H,24,28)(H,25,27). The molecule has 0 heterocycles. The zero-order chi connectivity index (χ0) is 21.7. The highest BCUT2D eigenvalue weighted by Gasteiger charge is 2.19. The maximum Gasteiger partial charge on any atom is 0.284 e. The molecular formula is C22H18BrN3O4. The molecule has 3 rings (SSSR count). The molecule has 0 aliphatic carbocycles. The van der Waals surface area contributed by atoms with Gasteiger partial charge in [0.05, 0.1) is 26.7 Å². The minimum absolute atomic E-state index is 0.109. The van der Waals surface area contributed by atoms with Crippen LogP contribution >= 0.6 is 15.9 Å². The van der Waals surface area contributed by atoms with Gasteiger partial charge in [-0.1, -0.05) is 42.5 Å². The zero-order valence-electron chi connectivity index (χ0n) is 16.0. The molecule has 1 unspecified atom stereocenters. The van der Waals surface area contributed by atoms with E-state index in [1.165, 1.54) is 18.2 Å². The number of para-hydroxylation sites is 1. The number of hydrogen-bond donors (Lipinski definition) is 2. The van der Waals surface area contributed by atoms with Crippen LogP contribution < -0.4 is 10.6 Å². The van der Waals surface area contributed by atoms with E-state index in [0.29, 0.717) is 11.3 Å². The van der Waals surface area contributed by atoms with E-state index in [-0.39, 0.29) is 27.7 Å². The smallest absolute Gasteiger partial charge is 0.284 e. The lowest BCUT2D eigenvalue weighted by Crippen LogP contribution is -2.28. The molecular weight excluding hydrogens is 450 g/mol. The molecule has 0 aliphatic rings. The van der Waals surface area contributed by atoms with Crippen molar-refractivity contribution in [1.82, 2.24) is 5.32 Å². The number of benzene rings is 3. The highest BCUT2D eigenvalue weighted by Crippen LogP contribution is 2.26. The summed E-state index contributed by atoms with van der Waals surface area (Å²) in [7, 11) is 0. The molecule has 1 atom stereocenters. The Morgan fingerprint density at radius 3 is 2.33 bits per heavy atom. The van der Waals surface area contributed by atoms with E-state index in [1.54, 1.807) is 24.3 Å². The van der Waals surface area contributed by atoms with Crippen molar-refractivity contribution in [2.24, 2.45) is 0 Å². The normalized spacial score (nSPS) is 11.4. The highest BCUT2D eigenvalue weighted by atomic mass is 79.9. The van der Waals surface area contributed by atoms with Gasteiger partial charge in [0, 0.05) is 11.6 Å². The Morgan fingerprint density at radius 2 is 1.63 bits per heavy atom. The fraction of sp³-hybridized carbons (Fsp3) is 0.0909. The number of hydrogen-bond acceptors (Lipinski definition) is 4. The van der Waals surface area contributed by atoms with Crippen LogP contribution in [0.3, 0.4) is 0 Å². The highest BCUT2D eigenvalue weighted by molar-refractivity contribution is 9.10. The SMILES string of the molecule is CC(NC(=O)c1ccccc1NC(=O)c1ccc(Br)c([N+](=O)[O-])c1)c1ccccc1. The van der Waals surface area contributed by atoms with Gasteiger partial charge in [0.25, 0.3) is 17.5 Å². The first-order valence-corrected chi connectivity index (χ1v) is 9.86. The third-order valence-electron chi connectivity index (χ3n) is 4.47. The molecule has 0 aromatic heterocycles. The summed E-state index contributed by atoms with van der Waals surface area (Å²) in [5, 5.41) is 16.7. The molecule has 0 saturated heterocycles. The Labute approximate surface area is 181 Å². The van der Waals surface area contributed by atoms with Crippen molar-refractivity contribution >= 4 is 39.1 Å². The van der Waals surface area contributed by atoms with E-state index in [1.807, 2.05) is 37.3 Å². The van der Waals surface area contributed by atoms with Crippen LogP contribution in [0.4, 0.5) is 11.4 Å². The van der Waals surface area contributed by atoms with Crippen LogP contribution in [0.25, 0.3) is 0 Å². The zero-order valence-corrected chi connectivity index (χ0v) is 17.5. The van der Waals surface area contributed by atoms with Crippen LogP contribution in [0.1, 0.15) is 39.2 Å². The van der Waals surface area contributed by atoms with Crippen molar-refractivity contribution in [3.05, 3.63) is 104 Å². The van der Waals surface area contributed by atoms with Crippen molar-refractivity contribution in [1.29, 1.82) is 0 Å². The number of nitro benzene ring substituents is 1. The summed E-state index contributed by atoms with van der Waals surface area (Å²) in [5.74, 6) is -0.897. The summed E-state index contributed by atoms with van der Waals surface area (Å²) in [6, 6.07) is 20.0. The van der Waals surface area contributed by atoms with Gasteiger partial charge in [-0.3, -0.25) is 19.7 Å². The number of nitrogens with zero attached hydrogens (tertiary/aromatic N) is 1. The van der Waals surface area contributed by atoms with E-state index < -0.39 is 10.8 Å². The van der Waals surface area contributed by atoms with Crippen LogP contribution in [0, 0.1) is 10.1 Å². The van der Waals surface area contributed by atoms with E-state index in [9.17, 15) is 19.7 Å². The lowest BCUT2D eigenvalue weighted by molar-refractivity contribution is -0.385. The fourth-order valence-corrected chi connectivity index (χ4v) is 3.27. The molecule has 152 valence electrons. The Bertz CT molecular complexity index is 1100. The Morgan fingerprint density at radius 1 is 0.967 bits per heavy atom. The van der Waals surface area contributed by atoms with Crippen molar-refractivity contribution in [3.63, 3.8) is 0 Å². The van der Waals surface area contributed by atoms with Gasteiger partial charge < -0.3 is 10.6 Å². The molecule has 2 N–H and O–H groups in total. The number of carbonyl (C=O) groups is 2. The molecule has 0 fully saturated rings. The van der Waals surface area contributed by atoms with Gasteiger partial charge >= 0.3 is 0 Å². The van der Waals surface area contributed by atoms with E-state index in [0.717, 1.165) is 5.56 Å². The van der Waals surface area contributed by atoms with E-state index in [4.69, 9.17) is 0 Å². The average molecular weight is 468 g/mol. The van der Waals surface area contributed by atoms with Crippen molar-refractivity contribution < 1.29 is 14.5 Å². The van der Waals surface area contributed by atoms with Gasteiger partial charge in [0.1, 0.15) is 0 Å². The number of nitrogens with one attached hydrogen (secondary N) is 2. The van der Waals surface area contributed by atoms with Crippen molar-refractivity contribution in [3.8, 4) is 0 Å². The van der Waals surface area contributed by atoms with Crippen LogP contribution in [0.5, 0.6) is 0 Å². The maximum atomic E-state index is 12.8. The van der Waals surface area contributed by atoms with Gasteiger partial charge in [-0.2, -0.15) is 0 Å². The summed E-state index contributed by atoms with van der Waals surface area (Å²) >= 11 is 3.09. The number of halogens is 1. The summed E-state index contributed by atoms with van der Waals surface area (Å²) in [5.41, 5.74) is 1.45. The van der Waals surface area contributed by atoms with Gasteiger partial charge in [0.2, 0.25) is 0 Å². The third kappa shape index (κ3) is 4.90. The minimum atomic E-state index is -0.576. The lowest BCUT2D eigenvalue weighted by Gasteiger charge is -2.16. The van der Waals surface area contributed by atoms with Gasteiger partial charge in [-0.25, -0.2) is 0 Å². The van der Waals surface area contributed by atoms with Gasteiger partial charge in [0.15, 0.2) is 0 Å². The molecule has 30 heavy (non-hydrogen) atoms. The first-order valence-electron chi connectivity index (χ1n) is 9.07. The van der Waals surface area contributed by atoms with Crippen LogP contribution in [-0.2, 0) is 0 Å². The van der Waals surface area contributed by atoms with E-state index >= 15 is 0 Å². The summed E-state index contributed by atoms with van der Waals surface area (Å²) in [6.45, 7) is 1.87. The Balaban J connectivity index is 1.80. The molecule has 7 nitrogen and oxygen atoms in total. The molecule has 0 radical (unpaired) electrons. The minimum Gasteiger partial charge on any atom is -0.345 e. The molecule has 0 bridgehead atoms.